The number of aryl methyl sites for hydroxylation is 1. The Morgan fingerprint density at radius 1 is 1.26 bits per heavy atom. The van der Waals surface area contributed by atoms with Gasteiger partial charge in [-0.3, -0.25) is 0 Å². The van der Waals surface area contributed by atoms with Crippen LogP contribution in [-0.4, -0.2) is 10.1 Å². The average molecular weight is 251 g/mol. The highest BCUT2D eigenvalue weighted by Gasteiger charge is 2.15. The Labute approximate surface area is 109 Å². The van der Waals surface area contributed by atoms with Crippen LogP contribution in [0.25, 0.3) is 23.0 Å². The number of hydrogen-bond acceptors (Lipinski definition) is 5. The van der Waals surface area contributed by atoms with E-state index in [1.165, 1.54) is 0 Å². The Kier molecular flexibility index (Phi) is 2.62. The van der Waals surface area contributed by atoms with Crippen LogP contribution in [0.5, 0.6) is 0 Å². The molecule has 0 saturated heterocycles. The molecule has 0 aliphatic carbocycles. The molecule has 0 unspecified atom stereocenters. The van der Waals surface area contributed by atoms with Gasteiger partial charge in [0.1, 0.15) is 0 Å². The molecule has 1 aromatic carbocycles. The molecule has 0 fully saturated rings. The van der Waals surface area contributed by atoms with Gasteiger partial charge in [0, 0.05) is 5.56 Å². The van der Waals surface area contributed by atoms with E-state index in [0.29, 0.717) is 28.6 Å². The molecule has 2 heterocycles. The number of nitrogens with zero attached hydrogens (tertiary/aromatic N) is 3. The van der Waals surface area contributed by atoms with Gasteiger partial charge in [-0.15, -0.1) is 0 Å². The van der Waals surface area contributed by atoms with E-state index in [1.54, 1.807) is 24.5 Å². The summed E-state index contributed by atoms with van der Waals surface area (Å²) in [6.07, 6.45) is 1.58. The van der Waals surface area contributed by atoms with Gasteiger partial charge in [0.2, 0.25) is 5.82 Å². The van der Waals surface area contributed by atoms with E-state index in [9.17, 15) is 0 Å². The van der Waals surface area contributed by atoms with E-state index in [1.807, 2.05) is 19.1 Å². The van der Waals surface area contributed by atoms with Crippen molar-refractivity contribution in [3.8, 4) is 29.1 Å². The summed E-state index contributed by atoms with van der Waals surface area (Å²) >= 11 is 0. The lowest BCUT2D eigenvalue weighted by atomic mass is 10.1. The second-order valence-corrected chi connectivity index (χ2v) is 4.05. The summed E-state index contributed by atoms with van der Waals surface area (Å²) < 4.78 is 10.5. The standard InChI is InChI=1S/C14H9N3O2/c1-9-5-6-18-12(9)13-16-14(19-17-13)11-4-2-3-10(7-11)8-15/h2-7H,1H3. The zero-order valence-corrected chi connectivity index (χ0v) is 10.1. The maximum absolute atomic E-state index is 8.87. The normalized spacial score (nSPS) is 10.3. The molecule has 3 aromatic rings. The van der Waals surface area contributed by atoms with E-state index in [0.717, 1.165) is 5.56 Å². The molecular weight excluding hydrogens is 242 g/mol. The smallest absolute Gasteiger partial charge is 0.258 e. The molecule has 0 amide bonds. The van der Waals surface area contributed by atoms with Gasteiger partial charge >= 0.3 is 0 Å². The number of nitriles is 1. The van der Waals surface area contributed by atoms with Crippen LogP contribution in [-0.2, 0) is 0 Å². The minimum Gasteiger partial charge on any atom is -0.461 e. The lowest BCUT2D eigenvalue weighted by Gasteiger charge is -1.93. The van der Waals surface area contributed by atoms with Crippen LogP contribution in [0, 0.1) is 18.3 Å². The topological polar surface area (TPSA) is 75.8 Å². The van der Waals surface area contributed by atoms with Gasteiger partial charge in [0.25, 0.3) is 5.89 Å². The molecule has 0 bridgehead atoms. The van der Waals surface area contributed by atoms with Crippen molar-refractivity contribution < 1.29 is 8.94 Å². The fraction of sp³-hybridized carbons (Fsp3) is 0.0714. The van der Waals surface area contributed by atoms with Crippen molar-refractivity contribution in [1.29, 1.82) is 5.26 Å². The van der Waals surface area contributed by atoms with E-state index >= 15 is 0 Å². The van der Waals surface area contributed by atoms with Crippen molar-refractivity contribution in [2.45, 2.75) is 6.92 Å². The van der Waals surface area contributed by atoms with Crippen LogP contribution >= 0.6 is 0 Å². The van der Waals surface area contributed by atoms with Crippen molar-refractivity contribution >= 4 is 0 Å². The number of rotatable bonds is 2. The predicted octanol–water partition coefficient (Wildman–Crippen LogP) is 3.18. The summed E-state index contributed by atoms with van der Waals surface area (Å²) in [6, 6.07) is 10.9. The summed E-state index contributed by atoms with van der Waals surface area (Å²) in [5.74, 6) is 1.36. The van der Waals surface area contributed by atoms with Crippen LogP contribution in [0.4, 0.5) is 0 Å². The first-order valence-electron chi connectivity index (χ1n) is 5.66. The fourth-order valence-corrected chi connectivity index (χ4v) is 1.76. The minimum atomic E-state index is 0.364. The van der Waals surface area contributed by atoms with E-state index in [4.69, 9.17) is 14.2 Å². The summed E-state index contributed by atoms with van der Waals surface area (Å²) in [7, 11) is 0. The van der Waals surface area contributed by atoms with Gasteiger partial charge in [-0.2, -0.15) is 10.2 Å². The quantitative estimate of drug-likeness (QED) is 0.699. The molecule has 5 nitrogen and oxygen atoms in total. The summed E-state index contributed by atoms with van der Waals surface area (Å²) in [6.45, 7) is 1.91. The van der Waals surface area contributed by atoms with Gasteiger partial charge in [-0.25, -0.2) is 0 Å². The number of furan rings is 1. The fourth-order valence-electron chi connectivity index (χ4n) is 1.76. The Hall–Kier alpha value is -2.87. The Balaban J connectivity index is 2.02. The van der Waals surface area contributed by atoms with Gasteiger partial charge in [0.05, 0.1) is 17.9 Å². The number of benzene rings is 1. The van der Waals surface area contributed by atoms with Gasteiger partial charge < -0.3 is 8.94 Å². The maximum atomic E-state index is 8.87. The summed E-state index contributed by atoms with van der Waals surface area (Å²) in [5, 5.41) is 12.8. The largest absolute Gasteiger partial charge is 0.461 e. The first-order chi connectivity index (χ1) is 9.28. The minimum absolute atomic E-state index is 0.364. The van der Waals surface area contributed by atoms with Crippen LogP contribution < -0.4 is 0 Å². The Morgan fingerprint density at radius 2 is 2.16 bits per heavy atom. The highest BCUT2D eigenvalue weighted by atomic mass is 16.5. The Bertz CT molecular complexity index is 765. The van der Waals surface area contributed by atoms with Crippen LogP contribution in [0.15, 0.2) is 45.5 Å². The van der Waals surface area contributed by atoms with Crippen LogP contribution in [0.2, 0.25) is 0 Å². The third-order valence-corrected chi connectivity index (χ3v) is 2.73. The highest BCUT2D eigenvalue weighted by Crippen LogP contribution is 2.25. The lowest BCUT2D eigenvalue weighted by molar-refractivity contribution is 0.429. The molecule has 2 aromatic heterocycles. The van der Waals surface area contributed by atoms with Crippen molar-refractivity contribution in [2.24, 2.45) is 0 Å². The van der Waals surface area contributed by atoms with Crippen molar-refractivity contribution in [3.05, 3.63) is 47.7 Å². The van der Waals surface area contributed by atoms with Gasteiger partial charge in [0.15, 0.2) is 5.76 Å². The molecule has 0 aliphatic heterocycles. The highest BCUT2D eigenvalue weighted by molar-refractivity contribution is 5.59. The van der Waals surface area contributed by atoms with Crippen molar-refractivity contribution in [1.82, 2.24) is 10.1 Å². The first kappa shape index (κ1) is 11.2. The second kappa shape index (κ2) is 4.42. The summed E-state index contributed by atoms with van der Waals surface area (Å²) in [5.41, 5.74) is 2.20. The molecular formula is C14H9N3O2. The molecule has 0 atom stereocenters. The maximum Gasteiger partial charge on any atom is 0.258 e. The monoisotopic (exact) mass is 251 g/mol. The molecule has 92 valence electrons. The number of aromatic nitrogens is 2. The van der Waals surface area contributed by atoms with Crippen LogP contribution in [0.3, 0.4) is 0 Å². The SMILES string of the molecule is Cc1ccoc1-c1noc(-c2cccc(C#N)c2)n1. The summed E-state index contributed by atoms with van der Waals surface area (Å²) in [4.78, 5) is 4.28. The average Bonchev–Trinajstić information content (AvgIpc) is 3.07. The zero-order valence-electron chi connectivity index (χ0n) is 10.1. The lowest BCUT2D eigenvalue weighted by Crippen LogP contribution is -1.82. The zero-order chi connectivity index (χ0) is 13.2. The second-order valence-electron chi connectivity index (χ2n) is 4.05. The molecule has 0 N–H and O–H groups in total. The van der Waals surface area contributed by atoms with Gasteiger partial charge in [-0.1, -0.05) is 11.2 Å². The molecule has 19 heavy (non-hydrogen) atoms. The molecule has 0 radical (unpaired) electrons. The Morgan fingerprint density at radius 3 is 2.89 bits per heavy atom. The molecule has 0 saturated carbocycles. The molecule has 0 spiro atoms. The van der Waals surface area contributed by atoms with Gasteiger partial charge in [-0.05, 0) is 36.8 Å². The third-order valence-electron chi connectivity index (χ3n) is 2.73. The first-order valence-corrected chi connectivity index (χ1v) is 5.66. The third kappa shape index (κ3) is 2.00. The van der Waals surface area contributed by atoms with E-state index in [2.05, 4.69) is 16.2 Å². The van der Waals surface area contributed by atoms with E-state index in [-0.39, 0.29) is 0 Å². The predicted molar refractivity (Wildman–Crippen MR) is 66.9 cm³/mol. The van der Waals surface area contributed by atoms with Crippen molar-refractivity contribution in [2.75, 3.05) is 0 Å². The molecule has 5 heteroatoms. The van der Waals surface area contributed by atoms with E-state index < -0.39 is 0 Å². The van der Waals surface area contributed by atoms with Crippen LogP contribution in [0.1, 0.15) is 11.1 Å². The number of hydrogen-bond donors (Lipinski definition) is 0. The molecule has 0 aliphatic rings. The molecule has 3 rings (SSSR count). The van der Waals surface area contributed by atoms with Crippen molar-refractivity contribution in [3.63, 3.8) is 0 Å².